The number of nitrogens with two attached hydrogens (primary N) is 1. The lowest BCUT2D eigenvalue weighted by Gasteiger charge is -2.41. The van der Waals surface area contributed by atoms with Crippen molar-refractivity contribution in [2.24, 2.45) is 35.3 Å². The van der Waals surface area contributed by atoms with Gasteiger partial charge in [0.1, 0.15) is 0 Å². The lowest BCUT2D eigenvalue weighted by atomic mass is 9.68. The van der Waals surface area contributed by atoms with Gasteiger partial charge in [-0.25, -0.2) is 0 Å². The molecule has 0 aromatic rings. The van der Waals surface area contributed by atoms with Gasteiger partial charge in [0.15, 0.2) is 0 Å². The van der Waals surface area contributed by atoms with Crippen LogP contribution in [-0.4, -0.2) is 5.54 Å². The van der Waals surface area contributed by atoms with Gasteiger partial charge in [0.25, 0.3) is 0 Å². The van der Waals surface area contributed by atoms with Crippen molar-refractivity contribution in [2.45, 2.75) is 83.6 Å². The standard InChI is InChI=1S/C18H33N/c1-13(2)8-15-4-3-7-18(19,11-15)12-17-10-14-5-6-16(17)9-14/h13-17H,3-12,19H2,1-2H3. The molecule has 0 saturated heterocycles. The van der Waals surface area contributed by atoms with Crippen molar-refractivity contribution in [2.75, 3.05) is 0 Å². The lowest BCUT2D eigenvalue weighted by molar-refractivity contribution is 0.150. The number of fused-ring (bicyclic) bond motifs is 2. The summed E-state index contributed by atoms with van der Waals surface area (Å²) in [4.78, 5) is 0. The molecule has 0 aromatic carbocycles. The highest BCUT2D eigenvalue weighted by molar-refractivity contribution is 4.98. The molecule has 1 heteroatoms. The average molecular weight is 263 g/mol. The van der Waals surface area contributed by atoms with Crippen LogP contribution in [-0.2, 0) is 0 Å². The van der Waals surface area contributed by atoms with Gasteiger partial charge in [0.2, 0.25) is 0 Å². The maximum atomic E-state index is 6.84. The minimum absolute atomic E-state index is 0.201. The van der Waals surface area contributed by atoms with Gasteiger partial charge in [-0.2, -0.15) is 0 Å². The summed E-state index contributed by atoms with van der Waals surface area (Å²) < 4.78 is 0. The van der Waals surface area contributed by atoms with Crippen LogP contribution < -0.4 is 5.73 Å². The molecule has 19 heavy (non-hydrogen) atoms. The zero-order chi connectivity index (χ0) is 13.5. The first-order valence-corrected chi connectivity index (χ1v) is 8.83. The lowest BCUT2D eigenvalue weighted by Crippen LogP contribution is -2.46. The van der Waals surface area contributed by atoms with Crippen molar-refractivity contribution in [1.82, 2.24) is 0 Å². The van der Waals surface area contributed by atoms with Crippen LogP contribution in [0.2, 0.25) is 0 Å². The third kappa shape index (κ3) is 3.17. The molecule has 0 aliphatic heterocycles. The highest BCUT2D eigenvalue weighted by Gasteiger charge is 2.43. The molecule has 2 bridgehead atoms. The summed E-state index contributed by atoms with van der Waals surface area (Å²) in [5, 5.41) is 0. The van der Waals surface area contributed by atoms with Crippen molar-refractivity contribution >= 4 is 0 Å². The summed E-state index contributed by atoms with van der Waals surface area (Å²) in [6.45, 7) is 4.73. The molecule has 0 aromatic heterocycles. The second-order valence-corrected chi connectivity index (χ2v) is 8.59. The molecule has 0 heterocycles. The fraction of sp³-hybridized carbons (Fsp3) is 1.00. The molecule has 3 fully saturated rings. The molecule has 0 spiro atoms. The molecule has 110 valence electrons. The molecule has 5 unspecified atom stereocenters. The van der Waals surface area contributed by atoms with Crippen LogP contribution in [0.15, 0.2) is 0 Å². The highest BCUT2D eigenvalue weighted by atomic mass is 14.8. The second kappa shape index (κ2) is 5.39. The van der Waals surface area contributed by atoms with Gasteiger partial charge < -0.3 is 5.73 Å². The largest absolute Gasteiger partial charge is 0.325 e. The molecule has 3 saturated carbocycles. The Labute approximate surface area is 119 Å². The molecular formula is C18H33N. The van der Waals surface area contributed by atoms with E-state index in [9.17, 15) is 0 Å². The summed E-state index contributed by atoms with van der Waals surface area (Å²) in [5.74, 6) is 4.87. The van der Waals surface area contributed by atoms with Gasteiger partial charge in [-0.05, 0) is 74.5 Å². The van der Waals surface area contributed by atoms with Gasteiger partial charge >= 0.3 is 0 Å². The highest BCUT2D eigenvalue weighted by Crippen LogP contribution is 2.52. The van der Waals surface area contributed by atoms with E-state index in [0.717, 1.165) is 29.6 Å². The number of hydrogen-bond acceptors (Lipinski definition) is 1. The SMILES string of the molecule is CC(C)CC1CCCC(N)(CC2CC3CCC2C3)C1. The molecule has 0 amide bonds. The summed E-state index contributed by atoms with van der Waals surface area (Å²) in [7, 11) is 0. The predicted octanol–water partition coefficient (Wildman–Crippen LogP) is 4.75. The van der Waals surface area contributed by atoms with Crippen LogP contribution >= 0.6 is 0 Å². The third-order valence-corrected chi connectivity index (χ3v) is 6.34. The maximum absolute atomic E-state index is 6.84. The zero-order valence-electron chi connectivity index (χ0n) is 13.0. The minimum atomic E-state index is 0.201. The monoisotopic (exact) mass is 263 g/mol. The molecule has 3 aliphatic carbocycles. The van der Waals surface area contributed by atoms with Crippen LogP contribution in [0.4, 0.5) is 0 Å². The smallest absolute Gasteiger partial charge is 0.0159 e. The second-order valence-electron chi connectivity index (χ2n) is 8.59. The maximum Gasteiger partial charge on any atom is 0.0159 e. The van der Waals surface area contributed by atoms with Crippen molar-refractivity contribution in [3.05, 3.63) is 0 Å². The summed E-state index contributed by atoms with van der Waals surface area (Å²) in [6, 6.07) is 0. The fourth-order valence-corrected chi connectivity index (χ4v) is 5.72. The Morgan fingerprint density at radius 2 is 2.00 bits per heavy atom. The topological polar surface area (TPSA) is 26.0 Å². The van der Waals surface area contributed by atoms with Crippen LogP contribution in [0.5, 0.6) is 0 Å². The van der Waals surface area contributed by atoms with E-state index in [1.165, 1.54) is 64.2 Å². The molecule has 3 aliphatic rings. The summed E-state index contributed by atoms with van der Waals surface area (Å²) in [6.07, 6.45) is 14.3. The summed E-state index contributed by atoms with van der Waals surface area (Å²) >= 11 is 0. The fourth-order valence-electron chi connectivity index (χ4n) is 5.72. The van der Waals surface area contributed by atoms with Gasteiger partial charge in [0, 0.05) is 5.54 Å². The zero-order valence-corrected chi connectivity index (χ0v) is 13.0. The molecule has 1 nitrogen and oxygen atoms in total. The van der Waals surface area contributed by atoms with Crippen molar-refractivity contribution in [3.8, 4) is 0 Å². The van der Waals surface area contributed by atoms with Crippen molar-refractivity contribution in [1.29, 1.82) is 0 Å². The predicted molar refractivity (Wildman–Crippen MR) is 81.9 cm³/mol. The minimum Gasteiger partial charge on any atom is -0.325 e. The van der Waals surface area contributed by atoms with Gasteiger partial charge in [-0.3, -0.25) is 0 Å². The quantitative estimate of drug-likeness (QED) is 0.778. The Balaban J connectivity index is 1.56. The van der Waals surface area contributed by atoms with Crippen LogP contribution in [0, 0.1) is 29.6 Å². The molecular weight excluding hydrogens is 230 g/mol. The number of rotatable bonds is 4. The van der Waals surface area contributed by atoms with E-state index in [1.54, 1.807) is 0 Å². The van der Waals surface area contributed by atoms with E-state index >= 15 is 0 Å². The Bertz CT molecular complexity index is 311. The van der Waals surface area contributed by atoms with Gasteiger partial charge in [-0.1, -0.05) is 33.1 Å². The van der Waals surface area contributed by atoms with Crippen LogP contribution in [0.1, 0.15) is 78.1 Å². The van der Waals surface area contributed by atoms with E-state index in [0.29, 0.717) is 0 Å². The first kappa shape index (κ1) is 13.9. The van der Waals surface area contributed by atoms with E-state index in [-0.39, 0.29) is 5.54 Å². The van der Waals surface area contributed by atoms with Crippen LogP contribution in [0.25, 0.3) is 0 Å². The molecule has 3 rings (SSSR count). The van der Waals surface area contributed by atoms with Gasteiger partial charge in [-0.15, -0.1) is 0 Å². The van der Waals surface area contributed by atoms with E-state index < -0.39 is 0 Å². The van der Waals surface area contributed by atoms with Crippen molar-refractivity contribution < 1.29 is 0 Å². The average Bonchev–Trinajstić information content (AvgIpc) is 2.89. The Morgan fingerprint density at radius 1 is 1.16 bits per heavy atom. The first-order chi connectivity index (χ1) is 9.04. The van der Waals surface area contributed by atoms with E-state index in [2.05, 4.69) is 13.8 Å². The molecule has 0 radical (unpaired) electrons. The van der Waals surface area contributed by atoms with Crippen molar-refractivity contribution in [3.63, 3.8) is 0 Å². The van der Waals surface area contributed by atoms with E-state index in [4.69, 9.17) is 5.73 Å². The molecule has 2 N–H and O–H groups in total. The third-order valence-electron chi connectivity index (χ3n) is 6.34. The number of hydrogen-bond donors (Lipinski definition) is 1. The Kier molecular flexibility index (Phi) is 3.95. The first-order valence-electron chi connectivity index (χ1n) is 8.83. The van der Waals surface area contributed by atoms with Crippen LogP contribution in [0.3, 0.4) is 0 Å². The Morgan fingerprint density at radius 3 is 2.63 bits per heavy atom. The normalized spacial score (nSPS) is 46.1. The van der Waals surface area contributed by atoms with Gasteiger partial charge in [0.05, 0.1) is 0 Å². The molecule has 5 atom stereocenters. The van der Waals surface area contributed by atoms with E-state index in [1.807, 2.05) is 0 Å². The summed E-state index contributed by atoms with van der Waals surface area (Å²) in [5.41, 5.74) is 7.04. The Hall–Kier alpha value is -0.0400.